The van der Waals surface area contributed by atoms with E-state index in [1.165, 1.54) is 12.5 Å². The van der Waals surface area contributed by atoms with Crippen LogP contribution in [0, 0.1) is 23.6 Å². The molecule has 0 aromatic heterocycles. The Bertz CT molecular complexity index is 782. The fourth-order valence-electron chi connectivity index (χ4n) is 4.97. The molecule has 1 aliphatic heterocycles. The van der Waals surface area contributed by atoms with Crippen LogP contribution >= 0.6 is 0 Å². The van der Waals surface area contributed by atoms with Crippen molar-refractivity contribution in [3.8, 4) is 0 Å². The molecule has 1 fully saturated rings. The fraction of sp³-hybridized carbons (Fsp3) is 0.417. The lowest BCUT2D eigenvalue weighted by atomic mass is 9.69. The second-order valence-corrected chi connectivity index (χ2v) is 7.98. The number of halogens is 1. The number of anilines is 2. The van der Waals surface area contributed by atoms with Crippen molar-refractivity contribution >= 4 is 11.4 Å². The van der Waals surface area contributed by atoms with Gasteiger partial charge < -0.3 is 10.6 Å². The van der Waals surface area contributed by atoms with Gasteiger partial charge in [-0.25, -0.2) is 4.39 Å². The van der Waals surface area contributed by atoms with Gasteiger partial charge in [-0.05, 0) is 68.1 Å². The van der Waals surface area contributed by atoms with Crippen molar-refractivity contribution in [3.63, 3.8) is 0 Å². The lowest BCUT2D eigenvalue weighted by Gasteiger charge is -2.41. The van der Waals surface area contributed by atoms with Crippen LogP contribution < -0.4 is 10.6 Å². The van der Waals surface area contributed by atoms with Crippen LogP contribution in [0.15, 0.2) is 66.3 Å². The van der Waals surface area contributed by atoms with E-state index >= 15 is 0 Å². The van der Waals surface area contributed by atoms with Gasteiger partial charge in [0, 0.05) is 18.8 Å². The summed E-state index contributed by atoms with van der Waals surface area (Å²) in [4.78, 5) is 2.19. The Labute approximate surface area is 161 Å². The summed E-state index contributed by atoms with van der Waals surface area (Å²) in [6.07, 6.45) is 21.6. The zero-order chi connectivity index (χ0) is 18.6. The van der Waals surface area contributed by atoms with Gasteiger partial charge in [0.2, 0.25) is 0 Å². The molecule has 2 N–H and O–H groups in total. The van der Waals surface area contributed by atoms with Gasteiger partial charge >= 0.3 is 0 Å². The Balaban J connectivity index is 1.49. The maximum atomic E-state index is 14.3. The number of rotatable bonds is 4. The van der Waals surface area contributed by atoms with E-state index in [2.05, 4.69) is 47.4 Å². The number of nitrogens with zero attached hydrogens (tertiary/aromatic N) is 1. The van der Waals surface area contributed by atoms with E-state index in [0.29, 0.717) is 29.1 Å². The van der Waals surface area contributed by atoms with E-state index in [9.17, 15) is 4.39 Å². The van der Waals surface area contributed by atoms with Crippen molar-refractivity contribution in [1.29, 1.82) is 0 Å². The van der Waals surface area contributed by atoms with Crippen LogP contribution in [0.3, 0.4) is 0 Å². The topological polar surface area (TPSA) is 29.3 Å². The molecule has 1 saturated heterocycles. The highest BCUT2D eigenvalue weighted by atomic mass is 19.1. The van der Waals surface area contributed by atoms with Gasteiger partial charge in [-0.2, -0.15) is 0 Å². The highest BCUT2D eigenvalue weighted by Crippen LogP contribution is 2.41. The summed E-state index contributed by atoms with van der Waals surface area (Å²) >= 11 is 0. The van der Waals surface area contributed by atoms with Crippen molar-refractivity contribution in [1.82, 2.24) is 0 Å². The van der Waals surface area contributed by atoms with Gasteiger partial charge in [-0.3, -0.25) is 0 Å². The van der Waals surface area contributed by atoms with Gasteiger partial charge in [0.1, 0.15) is 5.82 Å². The number of hydrogen-bond donors (Lipinski definition) is 1. The van der Waals surface area contributed by atoms with E-state index in [-0.39, 0.29) is 5.82 Å². The third kappa shape index (κ3) is 4.02. The molecule has 2 aliphatic carbocycles. The van der Waals surface area contributed by atoms with Crippen molar-refractivity contribution in [2.24, 2.45) is 17.8 Å². The van der Waals surface area contributed by atoms with E-state index in [1.54, 1.807) is 11.6 Å². The summed E-state index contributed by atoms with van der Waals surface area (Å²) in [7, 11) is 0. The average Bonchev–Trinajstić information content (AvgIpc) is 2.71. The third-order valence-electron chi connectivity index (χ3n) is 6.31. The third-order valence-corrected chi connectivity index (χ3v) is 6.31. The fourth-order valence-corrected chi connectivity index (χ4v) is 4.97. The molecule has 0 spiro atoms. The zero-order valence-electron chi connectivity index (χ0n) is 15.9. The van der Waals surface area contributed by atoms with Crippen LogP contribution in [0.5, 0.6) is 0 Å². The van der Waals surface area contributed by atoms with E-state index in [0.717, 1.165) is 38.8 Å². The van der Waals surface area contributed by atoms with E-state index in [1.807, 2.05) is 6.07 Å². The van der Waals surface area contributed by atoms with Crippen LogP contribution in [0.2, 0.25) is 0 Å². The largest absolute Gasteiger partial charge is 0.399 e. The molecule has 2 atom stereocenters. The molecule has 27 heavy (non-hydrogen) atoms. The maximum absolute atomic E-state index is 14.3. The SMILES string of the molecule is Nc1ccc(N2CCC(C(C3=CC=CCC3)C3C=CC=CC3)CC2)c(F)c1. The minimum atomic E-state index is -0.203. The van der Waals surface area contributed by atoms with Crippen molar-refractivity contribution in [3.05, 3.63) is 72.1 Å². The van der Waals surface area contributed by atoms with Gasteiger partial charge in [-0.15, -0.1) is 0 Å². The van der Waals surface area contributed by atoms with Crippen LogP contribution in [-0.4, -0.2) is 13.1 Å². The molecule has 2 nitrogen and oxygen atoms in total. The Hall–Kier alpha value is -2.29. The van der Waals surface area contributed by atoms with Crippen LogP contribution in [-0.2, 0) is 0 Å². The molecule has 0 saturated carbocycles. The molecule has 1 heterocycles. The first-order valence-electron chi connectivity index (χ1n) is 10.2. The van der Waals surface area contributed by atoms with Gasteiger partial charge in [0.05, 0.1) is 5.69 Å². The van der Waals surface area contributed by atoms with Gasteiger partial charge in [0.25, 0.3) is 0 Å². The van der Waals surface area contributed by atoms with E-state index < -0.39 is 0 Å². The second-order valence-electron chi connectivity index (χ2n) is 7.98. The van der Waals surface area contributed by atoms with E-state index in [4.69, 9.17) is 5.73 Å². The Kier molecular flexibility index (Phi) is 5.47. The molecule has 3 heteroatoms. The normalized spacial score (nSPS) is 24.1. The summed E-state index contributed by atoms with van der Waals surface area (Å²) in [6.45, 7) is 1.83. The molecule has 0 bridgehead atoms. The first-order valence-corrected chi connectivity index (χ1v) is 10.2. The minimum absolute atomic E-state index is 0.203. The molecule has 1 aromatic rings. The Morgan fingerprint density at radius 2 is 1.93 bits per heavy atom. The maximum Gasteiger partial charge on any atom is 0.148 e. The molecule has 0 amide bonds. The van der Waals surface area contributed by atoms with Crippen LogP contribution in [0.4, 0.5) is 15.8 Å². The Morgan fingerprint density at radius 1 is 1.07 bits per heavy atom. The Morgan fingerprint density at radius 3 is 2.59 bits per heavy atom. The summed E-state index contributed by atoms with van der Waals surface area (Å²) in [5, 5.41) is 0. The molecular formula is C24H29FN2. The highest BCUT2D eigenvalue weighted by Gasteiger charge is 2.33. The molecule has 2 unspecified atom stereocenters. The smallest absolute Gasteiger partial charge is 0.148 e. The summed E-state index contributed by atoms with van der Waals surface area (Å²) in [5.41, 5.74) is 8.49. The average molecular weight is 365 g/mol. The van der Waals surface area contributed by atoms with Crippen molar-refractivity contribution in [2.75, 3.05) is 23.7 Å². The lowest BCUT2D eigenvalue weighted by molar-refractivity contribution is 0.250. The molecule has 3 aliphatic rings. The quantitative estimate of drug-likeness (QED) is 0.700. The first kappa shape index (κ1) is 18.1. The monoisotopic (exact) mass is 364 g/mol. The molecule has 0 radical (unpaired) electrons. The van der Waals surface area contributed by atoms with Gasteiger partial charge in [0.15, 0.2) is 0 Å². The minimum Gasteiger partial charge on any atom is -0.399 e. The molecular weight excluding hydrogens is 335 g/mol. The summed E-state index contributed by atoms with van der Waals surface area (Å²) in [5.74, 6) is 1.66. The highest BCUT2D eigenvalue weighted by molar-refractivity contribution is 5.54. The standard InChI is InChI=1S/C24H29FN2/c25-22-17-21(26)11-12-23(22)27-15-13-20(14-16-27)24(18-7-3-1-4-8-18)19-9-5-2-6-10-19/h1-5,7,9,11-12,17-18,20,24H,6,8,10,13-16,26H2. The molecule has 142 valence electrons. The number of hydrogen-bond acceptors (Lipinski definition) is 2. The summed E-state index contributed by atoms with van der Waals surface area (Å²) < 4.78 is 14.3. The first-order chi connectivity index (χ1) is 13.2. The van der Waals surface area contributed by atoms with Crippen molar-refractivity contribution < 1.29 is 4.39 Å². The predicted molar refractivity (Wildman–Crippen MR) is 112 cm³/mol. The zero-order valence-corrected chi connectivity index (χ0v) is 15.9. The second kappa shape index (κ2) is 8.16. The number of benzene rings is 1. The van der Waals surface area contributed by atoms with Crippen LogP contribution in [0.1, 0.15) is 32.1 Å². The lowest BCUT2D eigenvalue weighted by Crippen LogP contribution is -2.39. The predicted octanol–water partition coefficient (Wildman–Crippen LogP) is 5.65. The number of allylic oxidation sites excluding steroid dienone is 8. The number of piperidine rings is 1. The van der Waals surface area contributed by atoms with Gasteiger partial charge in [-0.1, -0.05) is 48.1 Å². The number of nitrogen functional groups attached to an aromatic ring is 1. The summed E-state index contributed by atoms with van der Waals surface area (Å²) in [6, 6.07) is 5.06. The molecule has 4 rings (SSSR count). The molecule has 1 aromatic carbocycles. The van der Waals surface area contributed by atoms with Crippen molar-refractivity contribution in [2.45, 2.75) is 32.1 Å². The van der Waals surface area contributed by atoms with Crippen LogP contribution in [0.25, 0.3) is 0 Å². The number of nitrogens with two attached hydrogens (primary N) is 1.